The summed E-state index contributed by atoms with van der Waals surface area (Å²) in [6, 6.07) is -1.04. The van der Waals surface area contributed by atoms with Crippen LogP contribution in [-0.4, -0.2) is 119 Å². The zero-order valence-electron chi connectivity index (χ0n) is 23.7. The van der Waals surface area contributed by atoms with Crippen molar-refractivity contribution in [1.29, 1.82) is 0 Å². The molecule has 0 saturated carbocycles. The number of carboxylic acid groups (broad SMARTS) is 1. The number of hydrogen-bond donors (Lipinski definition) is 6. The number of hydrogen-bond acceptors (Lipinski definition) is 10. The molecule has 0 aliphatic carbocycles. The van der Waals surface area contributed by atoms with Crippen LogP contribution in [0.2, 0.25) is 0 Å². The van der Waals surface area contributed by atoms with Crippen LogP contribution in [0, 0.1) is 0 Å². The Hall–Kier alpha value is -3.34. The monoisotopic (exact) mass is 591 g/mol. The predicted molar refractivity (Wildman–Crippen MR) is 144 cm³/mol. The highest BCUT2D eigenvalue weighted by molar-refractivity contribution is 5.84. The summed E-state index contributed by atoms with van der Waals surface area (Å²) in [7, 11) is 0. The number of rotatable bonds is 27. The molecule has 16 heteroatoms. The van der Waals surface area contributed by atoms with Crippen molar-refractivity contribution < 1.29 is 52.8 Å². The van der Waals surface area contributed by atoms with Gasteiger partial charge in [0.15, 0.2) is 0 Å². The first kappa shape index (κ1) is 37.7. The summed E-state index contributed by atoms with van der Waals surface area (Å²) in [5, 5.41) is 19.6. The van der Waals surface area contributed by atoms with E-state index in [0.29, 0.717) is 25.8 Å². The van der Waals surface area contributed by atoms with Gasteiger partial charge in [0.1, 0.15) is 19.3 Å². The number of nitrogens with one attached hydrogen (secondary N) is 4. The van der Waals surface area contributed by atoms with Gasteiger partial charge in [0.2, 0.25) is 29.5 Å². The molecule has 0 fully saturated rings. The Kier molecular flexibility index (Phi) is 23.5. The standard InChI is InChI=1S/C25H45N5O11/c1-2-21(32)27-8-4-3-5-19(25(36)37)30-24(35)18-41-16-14-39-12-10-29-23(34)17-40-15-13-38-11-9-28-22(33)7-6-20(26)31/h19H,2-18H2,1H3,(H2,26,31)(H,27,32)(H,28,33)(H,29,34)(H,30,35)(H,36,37)/t19-/m0/s1. The fourth-order valence-electron chi connectivity index (χ4n) is 2.99. The second kappa shape index (κ2) is 25.6. The molecule has 7 N–H and O–H groups in total. The largest absolute Gasteiger partial charge is 0.480 e. The maximum Gasteiger partial charge on any atom is 0.326 e. The summed E-state index contributed by atoms with van der Waals surface area (Å²) in [5.41, 5.74) is 4.96. The molecule has 0 spiro atoms. The van der Waals surface area contributed by atoms with Gasteiger partial charge in [0.25, 0.3) is 0 Å². The normalized spacial score (nSPS) is 11.3. The van der Waals surface area contributed by atoms with Crippen molar-refractivity contribution in [3.8, 4) is 0 Å². The first-order chi connectivity index (χ1) is 19.6. The van der Waals surface area contributed by atoms with Crippen LogP contribution in [0.15, 0.2) is 0 Å². The van der Waals surface area contributed by atoms with Gasteiger partial charge in [-0.1, -0.05) is 6.92 Å². The third-order valence-corrected chi connectivity index (χ3v) is 5.14. The summed E-state index contributed by atoms with van der Waals surface area (Å²) < 4.78 is 20.9. The molecule has 0 aromatic heterocycles. The molecule has 0 aliphatic rings. The van der Waals surface area contributed by atoms with Gasteiger partial charge in [-0.25, -0.2) is 4.79 Å². The topological polar surface area (TPSA) is 234 Å². The molecule has 0 aromatic rings. The lowest BCUT2D eigenvalue weighted by Crippen LogP contribution is -2.42. The molecule has 16 nitrogen and oxygen atoms in total. The average Bonchev–Trinajstić information content (AvgIpc) is 2.93. The molecule has 0 aliphatic heterocycles. The smallest absolute Gasteiger partial charge is 0.326 e. The average molecular weight is 592 g/mol. The summed E-state index contributed by atoms with van der Waals surface area (Å²) in [4.78, 5) is 68.1. The van der Waals surface area contributed by atoms with E-state index in [1.165, 1.54) is 0 Å². The minimum absolute atomic E-state index is 0.00700. The highest BCUT2D eigenvalue weighted by atomic mass is 16.5. The Morgan fingerprint density at radius 2 is 1.20 bits per heavy atom. The Morgan fingerprint density at radius 1 is 0.659 bits per heavy atom. The van der Waals surface area contributed by atoms with Gasteiger partial charge in [-0.3, -0.25) is 24.0 Å². The lowest BCUT2D eigenvalue weighted by Gasteiger charge is -2.14. The van der Waals surface area contributed by atoms with Gasteiger partial charge in [-0.15, -0.1) is 0 Å². The van der Waals surface area contributed by atoms with Crippen molar-refractivity contribution in [3.05, 3.63) is 0 Å². The van der Waals surface area contributed by atoms with Crippen LogP contribution in [-0.2, 0) is 47.7 Å². The van der Waals surface area contributed by atoms with Crippen LogP contribution >= 0.6 is 0 Å². The summed E-state index contributed by atoms with van der Waals surface area (Å²) in [6.07, 6.45) is 1.78. The lowest BCUT2D eigenvalue weighted by atomic mass is 10.1. The third-order valence-electron chi connectivity index (χ3n) is 5.14. The van der Waals surface area contributed by atoms with Gasteiger partial charge in [-0.05, 0) is 19.3 Å². The Bertz CT molecular complexity index is 798. The van der Waals surface area contributed by atoms with E-state index in [0.717, 1.165) is 0 Å². The van der Waals surface area contributed by atoms with Crippen LogP contribution in [0.25, 0.3) is 0 Å². The van der Waals surface area contributed by atoms with E-state index in [9.17, 15) is 33.9 Å². The quantitative estimate of drug-likeness (QED) is 0.0562. The molecule has 0 radical (unpaired) electrons. The van der Waals surface area contributed by atoms with E-state index in [-0.39, 0.29) is 103 Å². The summed E-state index contributed by atoms with van der Waals surface area (Å²) >= 11 is 0. The van der Waals surface area contributed by atoms with E-state index in [1.807, 2.05) is 0 Å². The van der Waals surface area contributed by atoms with E-state index >= 15 is 0 Å². The van der Waals surface area contributed by atoms with Crippen LogP contribution in [0.4, 0.5) is 0 Å². The molecule has 236 valence electrons. The molecule has 0 saturated heterocycles. The Morgan fingerprint density at radius 3 is 1.76 bits per heavy atom. The van der Waals surface area contributed by atoms with Gasteiger partial charge >= 0.3 is 5.97 Å². The zero-order chi connectivity index (χ0) is 30.7. The fraction of sp³-hybridized carbons (Fsp3) is 0.760. The van der Waals surface area contributed by atoms with E-state index < -0.39 is 23.8 Å². The fourth-order valence-corrected chi connectivity index (χ4v) is 2.99. The summed E-state index contributed by atoms with van der Waals surface area (Å²) in [6.45, 7) is 3.45. The molecule has 1 atom stereocenters. The van der Waals surface area contributed by atoms with E-state index in [2.05, 4.69) is 21.3 Å². The maximum absolute atomic E-state index is 11.9. The van der Waals surface area contributed by atoms with E-state index in [4.69, 9.17) is 24.7 Å². The van der Waals surface area contributed by atoms with Crippen molar-refractivity contribution in [1.82, 2.24) is 21.3 Å². The number of unbranched alkanes of at least 4 members (excludes halogenated alkanes) is 1. The van der Waals surface area contributed by atoms with E-state index in [1.54, 1.807) is 6.92 Å². The molecular formula is C25H45N5O11. The first-order valence-electron chi connectivity index (χ1n) is 13.6. The number of nitrogens with two attached hydrogens (primary N) is 1. The van der Waals surface area contributed by atoms with Gasteiger partial charge in [0, 0.05) is 38.9 Å². The SMILES string of the molecule is CCC(=O)NCCCC[C@H](NC(=O)COCCOCCNC(=O)COCCOCCNC(=O)CCC(N)=O)C(=O)O. The molecule has 0 bridgehead atoms. The zero-order valence-corrected chi connectivity index (χ0v) is 23.7. The number of carbonyl (C=O) groups is 6. The molecule has 0 unspecified atom stereocenters. The van der Waals surface area contributed by atoms with Crippen molar-refractivity contribution >= 4 is 35.5 Å². The highest BCUT2D eigenvalue weighted by Gasteiger charge is 2.19. The molecular weight excluding hydrogens is 546 g/mol. The number of primary amides is 1. The van der Waals surface area contributed by atoms with Crippen LogP contribution in [0.5, 0.6) is 0 Å². The molecule has 0 rings (SSSR count). The van der Waals surface area contributed by atoms with Gasteiger partial charge in [-0.2, -0.15) is 0 Å². The molecule has 0 heterocycles. The second-order valence-corrected chi connectivity index (χ2v) is 8.65. The Labute approximate surface area is 239 Å². The van der Waals surface area contributed by atoms with Crippen LogP contribution < -0.4 is 27.0 Å². The third kappa shape index (κ3) is 25.4. The predicted octanol–water partition coefficient (Wildman–Crippen LogP) is -2.18. The van der Waals surface area contributed by atoms with Gasteiger partial charge in [0.05, 0.1) is 39.6 Å². The minimum atomic E-state index is -1.14. The van der Waals surface area contributed by atoms with Crippen LogP contribution in [0.3, 0.4) is 0 Å². The number of aliphatic carboxylic acids is 1. The number of carboxylic acids is 1. The molecule has 0 aromatic carbocycles. The molecule has 5 amide bonds. The first-order valence-corrected chi connectivity index (χ1v) is 13.6. The van der Waals surface area contributed by atoms with Crippen molar-refractivity contribution in [2.45, 2.75) is 51.5 Å². The maximum atomic E-state index is 11.9. The number of carbonyl (C=O) groups excluding carboxylic acids is 5. The van der Waals surface area contributed by atoms with Gasteiger partial charge < -0.3 is 51.1 Å². The summed E-state index contributed by atoms with van der Waals surface area (Å²) in [5.74, 6) is -2.92. The lowest BCUT2D eigenvalue weighted by molar-refractivity contribution is -0.142. The van der Waals surface area contributed by atoms with Crippen molar-refractivity contribution in [2.75, 3.05) is 72.5 Å². The van der Waals surface area contributed by atoms with Crippen molar-refractivity contribution in [3.63, 3.8) is 0 Å². The number of amides is 5. The molecule has 41 heavy (non-hydrogen) atoms. The Balaban J connectivity index is 3.62. The number of ether oxygens (including phenoxy) is 4. The second-order valence-electron chi connectivity index (χ2n) is 8.65. The van der Waals surface area contributed by atoms with Crippen molar-refractivity contribution in [2.24, 2.45) is 5.73 Å². The van der Waals surface area contributed by atoms with Crippen LogP contribution in [0.1, 0.15) is 45.4 Å². The highest BCUT2D eigenvalue weighted by Crippen LogP contribution is 2.01. The minimum Gasteiger partial charge on any atom is -0.480 e.